The number of hydrogen-bond acceptors (Lipinski definition) is 2. The van der Waals surface area contributed by atoms with Crippen molar-refractivity contribution in [2.45, 2.75) is 52.0 Å². The van der Waals surface area contributed by atoms with Crippen molar-refractivity contribution in [1.82, 2.24) is 4.90 Å². The monoisotopic (exact) mass is 329 g/mol. The lowest BCUT2D eigenvalue weighted by molar-refractivity contribution is 0.0683. The van der Waals surface area contributed by atoms with E-state index in [9.17, 15) is 4.79 Å². The van der Waals surface area contributed by atoms with Gasteiger partial charge in [-0.3, -0.25) is 4.79 Å². The predicted octanol–water partition coefficient (Wildman–Crippen LogP) is 4.61. The van der Waals surface area contributed by atoms with Gasteiger partial charge in [-0.15, -0.1) is 11.3 Å². The van der Waals surface area contributed by atoms with Gasteiger partial charge in [0, 0.05) is 12.6 Å². The third-order valence-corrected chi connectivity index (χ3v) is 5.80. The number of likely N-dealkylation sites (tertiary alicyclic amines) is 1. The number of amides is 1. The molecule has 1 atom stereocenters. The number of carbonyl (C=O) groups excluding carboxylic acids is 1. The Morgan fingerprint density at radius 2 is 2.28 bits per heavy atom. The van der Waals surface area contributed by atoms with Crippen LogP contribution in [0.15, 0.2) is 9.85 Å². The Labute approximate surface area is 122 Å². The zero-order valence-electron chi connectivity index (χ0n) is 11.0. The summed E-state index contributed by atoms with van der Waals surface area (Å²) in [5.74, 6) is 0.225. The van der Waals surface area contributed by atoms with Gasteiger partial charge in [-0.2, -0.15) is 0 Å². The lowest BCUT2D eigenvalue weighted by Gasteiger charge is -2.28. The molecule has 0 aliphatic carbocycles. The Morgan fingerprint density at radius 1 is 1.50 bits per heavy atom. The number of hydrogen-bond donors (Lipinski definition) is 0. The Balaban J connectivity index is 2.19. The lowest BCUT2D eigenvalue weighted by atomic mass is 10.1. The van der Waals surface area contributed by atoms with E-state index in [-0.39, 0.29) is 5.91 Å². The maximum atomic E-state index is 12.6. The van der Waals surface area contributed by atoms with Crippen LogP contribution in [-0.4, -0.2) is 23.4 Å². The largest absolute Gasteiger partial charge is 0.335 e. The molecule has 1 saturated heterocycles. The van der Waals surface area contributed by atoms with Crippen molar-refractivity contribution < 1.29 is 4.79 Å². The van der Waals surface area contributed by atoms with Gasteiger partial charge in [-0.05, 0) is 53.7 Å². The van der Waals surface area contributed by atoms with E-state index in [4.69, 9.17) is 0 Å². The second-order valence-electron chi connectivity index (χ2n) is 4.98. The molecule has 1 unspecified atom stereocenters. The van der Waals surface area contributed by atoms with Crippen molar-refractivity contribution >= 4 is 33.2 Å². The lowest BCUT2D eigenvalue weighted by Crippen LogP contribution is -2.39. The highest BCUT2D eigenvalue weighted by atomic mass is 79.9. The molecular weight excluding hydrogens is 310 g/mol. The molecule has 1 aliphatic heterocycles. The van der Waals surface area contributed by atoms with Crippen LogP contribution in [0.3, 0.4) is 0 Å². The number of rotatable bonds is 2. The van der Waals surface area contributed by atoms with Crippen LogP contribution in [-0.2, 0) is 0 Å². The van der Waals surface area contributed by atoms with Crippen LogP contribution in [0, 0.1) is 6.92 Å². The first kappa shape index (κ1) is 14.1. The zero-order valence-corrected chi connectivity index (χ0v) is 13.4. The molecule has 1 aromatic rings. The third-order valence-electron chi connectivity index (χ3n) is 3.68. The fourth-order valence-corrected chi connectivity index (χ4v) is 4.07. The maximum Gasteiger partial charge on any atom is 0.264 e. The van der Waals surface area contributed by atoms with Crippen molar-refractivity contribution in [3.05, 3.63) is 20.3 Å². The van der Waals surface area contributed by atoms with Gasteiger partial charge in [0.15, 0.2) is 0 Å². The maximum absolute atomic E-state index is 12.6. The summed E-state index contributed by atoms with van der Waals surface area (Å²) in [5, 5.41) is 0. The van der Waals surface area contributed by atoms with Crippen molar-refractivity contribution in [2.24, 2.45) is 0 Å². The van der Waals surface area contributed by atoms with E-state index in [0.29, 0.717) is 6.04 Å². The fraction of sp³-hybridized carbons (Fsp3) is 0.643. The average Bonchev–Trinajstić information content (AvgIpc) is 2.58. The summed E-state index contributed by atoms with van der Waals surface area (Å²) in [6, 6.07) is 2.44. The Bertz CT molecular complexity index is 410. The first-order valence-electron chi connectivity index (χ1n) is 6.70. The standard InChI is InChI=1S/C14H20BrNOS/c1-3-11-7-5-4-6-8-16(11)14(17)12-9-10(2)13(15)18-12/h9,11H,3-8H2,1-2H3. The molecule has 100 valence electrons. The Hall–Kier alpha value is -0.350. The van der Waals surface area contributed by atoms with E-state index >= 15 is 0 Å². The number of aryl methyl sites for hydroxylation is 1. The van der Waals surface area contributed by atoms with Crippen LogP contribution in [0.5, 0.6) is 0 Å². The molecule has 0 saturated carbocycles. The summed E-state index contributed by atoms with van der Waals surface area (Å²) in [6.07, 6.45) is 5.89. The van der Waals surface area contributed by atoms with Gasteiger partial charge in [-0.25, -0.2) is 0 Å². The van der Waals surface area contributed by atoms with E-state index < -0.39 is 0 Å². The average molecular weight is 330 g/mol. The van der Waals surface area contributed by atoms with Gasteiger partial charge >= 0.3 is 0 Å². The molecule has 4 heteroatoms. The van der Waals surface area contributed by atoms with E-state index in [2.05, 4.69) is 27.8 Å². The van der Waals surface area contributed by atoms with E-state index in [0.717, 1.165) is 40.0 Å². The minimum Gasteiger partial charge on any atom is -0.335 e. The van der Waals surface area contributed by atoms with Gasteiger partial charge in [0.2, 0.25) is 0 Å². The van der Waals surface area contributed by atoms with Crippen LogP contribution >= 0.6 is 27.3 Å². The quantitative estimate of drug-likeness (QED) is 0.775. The number of carbonyl (C=O) groups is 1. The summed E-state index contributed by atoms with van der Waals surface area (Å²) < 4.78 is 1.08. The second-order valence-corrected chi connectivity index (χ2v) is 7.35. The molecule has 0 bridgehead atoms. The molecular formula is C14H20BrNOS. The van der Waals surface area contributed by atoms with E-state index in [1.165, 1.54) is 12.8 Å². The van der Waals surface area contributed by atoms with Gasteiger partial charge < -0.3 is 4.90 Å². The van der Waals surface area contributed by atoms with Gasteiger partial charge in [0.25, 0.3) is 5.91 Å². The topological polar surface area (TPSA) is 20.3 Å². The molecule has 1 aromatic heterocycles. The first-order chi connectivity index (χ1) is 8.63. The highest BCUT2D eigenvalue weighted by molar-refractivity contribution is 9.11. The predicted molar refractivity (Wildman–Crippen MR) is 80.3 cm³/mol. The van der Waals surface area contributed by atoms with Crippen molar-refractivity contribution in [3.63, 3.8) is 0 Å². The van der Waals surface area contributed by atoms with Crippen LogP contribution in [0.2, 0.25) is 0 Å². The molecule has 2 heterocycles. The van der Waals surface area contributed by atoms with Crippen LogP contribution in [0.1, 0.15) is 54.3 Å². The van der Waals surface area contributed by atoms with E-state index in [1.807, 2.05) is 13.0 Å². The Kier molecular flexibility index (Phi) is 4.84. The highest BCUT2D eigenvalue weighted by Crippen LogP contribution is 2.30. The minimum absolute atomic E-state index is 0.225. The summed E-state index contributed by atoms with van der Waals surface area (Å²) in [4.78, 5) is 15.6. The van der Waals surface area contributed by atoms with E-state index in [1.54, 1.807) is 11.3 Å². The van der Waals surface area contributed by atoms with Crippen LogP contribution < -0.4 is 0 Å². The van der Waals surface area contributed by atoms with Gasteiger partial charge in [0.1, 0.15) is 0 Å². The minimum atomic E-state index is 0.225. The molecule has 0 aromatic carbocycles. The summed E-state index contributed by atoms with van der Waals surface area (Å²) in [5.41, 5.74) is 1.16. The fourth-order valence-electron chi connectivity index (χ4n) is 2.58. The molecule has 0 spiro atoms. The van der Waals surface area contributed by atoms with Crippen molar-refractivity contribution in [2.75, 3.05) is 6.54 Å². The normalized spacial score (nSPS) is 20.8. The molecule has 2 rings (SSSR count). The van der Waals surface area contributed by atoms with Crippen LogP contribution in [0.25, 0.3) is 0 Å². The summed E-state index contributed by atoms with van der Waals surface area (Å²) in [6.45, 7) is 5.15. The molecule has 1 aliphatic rings. The van der Waals surface area contributed by atoms with Gasteiger partial charge in [-0.1, -0.05) is 19.8 Å². The van der Waals surface area contributed by atoms with Gasteiger partial charge in [0.05, 0.1) is 8.66 Å². The Morgan fingerprint density at radius 3 is 2.89 bits per heavy atom. The highest BCUT2D eigenvalue weighted by Gasteiger charge is 2.26. The van der Waals surface area contributed by atoms with Crippen LogP contribution in [0.4, 0.5) is 0 Å². The smallest absolute Gasteiger partial charge is 0.264 e. The van der Waals surface area contributed by atoms with Crippen molar-refractivity contribution in [1.29, 1.82) is 0 Å². The number of thiophene rings is 1. The molecule has 18 heavy (non-hydrogen) atoms. The molecule has 0 radical (unpaired) electrons. The summed E-state index contributed by atoms with van der Waals surface area (Å²) in [7, 11) is 0. The second kappa shape index (κ2) is 6.20. The van der Waals surface area contributed by atoms with Crippen molar-refractivity contribution in [3.8, 4) is 0 Å². The SMILES string of the molecule is CCC1CCCCCN1C(=O)c1cc(C)c(Br)s1. The zero-order chi connectivity index (χ0) is 13.1. The molecule has 2 nitrogen and oxygen atoms in total. The number of nitrogens with zero attached hydrogens (tertiary/aromatic N) is 1. The molecule has 1 amide bonds. The molecule has 0 N–H and O–H groups in total. The summed E-state index contributed by atoms with van der Waals surface area (Å²) >= 11 is 5.06. The first-order valence-corrected chi connectivity index (χ1v) is 8.31. The molecule has 1 fully saturated rings. The third kappa shape index (κ3) is 2.97. The number of halogens is 1.